The summed E-state index contributed by atoms with van der Waals surface area (Å²) in [5, 5.41) is 3.74. The lowest BCUT2D eigenvalue weighted by Gasteiger charge is -2.19. The molecule has 0 aliphatic heterocycles. The topological polar surface area (TPSA) is 21.3 Å². The van der Waals surface area contributed by atoms with E-state index >= 15 is 0 Å². The van der Waals surface area contributed by atoms with Crippen molar-refractivity contribution in [2.75, 3.05) is 7.11 Å². The molecule has 2 nitrogen and oxygen atoms in total. The van der Waals surface area contributed by atoms with E-state index in [9.17, 15) is 0 Å². The molecule has 1 aliphatic rings. The van der Waals surface area contributed by atoms with Crippen molar-refractivity contribution in [3.63, 3.8) is 0 Å². The van der Waals surface area contributed by atoms with Crippen molar-refractivity contribution in [3.8, 4) is 5.75 Å². The third kappa shape index (κ3) is 3.45. The Morgan fingerprint density at radius 3 is 2.52 bits per heavy atom. The fourth-order valence-electron chi connectivity index (χ4n) is 2.92. The first-order valence-electron chi connectivity index (χ1n) is 7.70. The zero-order chi connectivity index (χ0) is 14.7. The van der Waals surface area contributed by atoms with Crippen LogP contribution in [0.2, 0.25) is 0 Å². The van der Waals surface area contributed by atoms with Gasteiger partial charge in [-0.05, 0) is 48.4 Å². The highest BCUT2D eigenvalue weighted by molar-refractivity contribution is 5.36. The lowest BCUT2D eigenvalue weighted by molar-refractivity contribution is 0.411. The SMILES string of the molecule is COc1ccc(CNC(c2ccccc2)C2CC2)cc1C. The number of benzene rings is 2. The molecule has 2 aromatic carbocycles. The monoisotopic (exact) mass is 281 g/mol. The van der Waals surface area contributed by atoms with Gasteiger partial charge in [0, 0.05) is 12.6 Å². The molecule has 0 aromatic heterocycles. The molecule has 0 radical (unpaired) electrons. The Morgan fingerprint density at radius 2 is 1.90 bits per heavy atom. The number of hydrogen-bond donors (Lipinski definition) is 1. The predicted octanol–water partition coefficient (Wildman–Crippen LogP) is 4.24. The van der Waals surface area contributed by atoms with Gasteiger partial charge < -0.3 is 10.1 Å². The van der Waals surface area contributed by atoms with Gasteiger partial charge in [0.1, 0.15) is 5.75 Å². The summed E-state index contributed by atoms with van der Waals surface area (Å²) >= 11 is 0. The van der Waals surface area contributed by atoms with E-state index in [0.29, 0.717) is 6.04 Å². The van der Waals surface area contributed by atoms with Crippen LogP contribution in [0.25, 0.3) is 0 Å². The molecule has 1 fully saturated rings. The Bertz CT molecular complexity index is 590. The van der Waals surface area contributed by atoms with E-state index in [0.717, 1.165) is 18.2 Å². The van der Waals surface area contributed by atoms with Crippen molar-refractivity contribution in [1.29, 1.82) is 0 Å². The van der Waals surface area contributed by atoms with E-state index in [1.165, 1.54) is 29.5 Å². The fraction of sp³-hybridized carbons (Fsp3) is 0.368. The molecule has 1 N–H and O–H groups in total. The molecular formula is C19H23NO. The molecule has 1 unspecified atom stereocenters. The summed E-state index contributed by atoms with van der Waals surface area (Å²) in [6, 6.07) is 17.7. The number of methoxy groups -OCH3 is 1. The molecule has 0 saturated heterocycles. The van der Waals surface area contributed by atoms with Gasteiger partial charge in [0.25, 0.3) is 0 Å². The van der Waals surface area contributed by atoms with Gasteiger partial charge in [0.2, 0.25) is 0 Å². The van der Waals surface area contributed by atoms with Crippen molar-refractivity contribution in [2.45, 2.75) is 32.4 Å². The molecule has 1 saturated carbocycles. The summed E-state index contributed by atoms with van der Waals surface area (Å²) in [4.78, 5) is 0. The van der Waals surface area contributed by atoms with Crippen molar-refractivity contribution in [1.82, 2.24) is 5.32 Å². The second kappa shape index (κ2) is 6.31. The van der Waals surface area contributed by atoms with Crippen LogP contribution in [0.4, 0.5) is 0 Å². The first kappa shape index (κ1) is 14.2. The van der Waals surface area contributed by atoms with Gasteiger partial charge in [0.05, 0.1) is 7.11 Å². The predicted molar refractivity (Wildman–Crippen MR) is 86.5 cm³/mol. The molecule has 0 heterocycles. The number of hydrogen-bond acceptors (Lipinski definition) is 2. The summed E-state index contributed by atoms with van der Waals surface area (Å²) in [5.41, 5.74) is 3.92. The van der Waals surface area contributed by atoms with E-state index in [1.54, 1.807) is 7.11 Å². The minimum absolute atomic E-state index is 0.480. The number of ether oxygens (including phenoxy) is 1. The summed E-state index contributed by atoms with van der Waals surface area (Å²) in [6.45, 7) is 3.00. The molecule has 2 aromatic rings. The second-order valence-corrected chi connectivity index (χ2v) is 5.91. The molecule has 2 heteroatoms. The van der Waals surface area contributed by atoms with Crippen LogP contribution in [0, 0.1) is 12.8 Å². The Balaban J connectivity index is 1.69. The van der Waals surface area contributed by atoms with Crippen molar-refractivity contribution >= 4 is 0 Å². The smallest absolute Gasteiger partial charge is 0.121 e. The second-order valence-electron chi connectivity index (χ2n) is 5.91. The van der Waals surface area contributed by atoms with E-state index < -0.39 is 0 Å². The van der Waals surface area contributed by atoms with Crippen LogP contribution < -0.4 is 10.1 Å². The maximum atomic E-state index is 5.32. The molecule has 3 rings (SSSR count). The largest absolute Gasteiger partial charge is 0.496 e. The summed E-state index contributed by atoms with van der Waals surface area (Å²) in [5.74, 6) is 1.76. The van der Waals surface area contributed by atoms with Crippen LogP contribution in [-0.2, 0) is 6.54 Å². The highest BCUT2D eigenvalue weighted by atomic mass is 16.5. The highest BCUT2D eigenvalue weighted by Gasteiger charge is 2.31. The summed E-state index contributed by atoms with van der Waals surface area (Å²) in [7, 11) is 1.72. The quantitative estimate of drug-likeness (QED) is 0.855. The molecule has 0 spiro atoms. The maximum absolute atomic E-state index is 5.32. The van der Waals surface area contributed by atoms with E-state index in [1.807, 2.05) is 0 Å². The Morgan fingerprint density at radius 1 is 1.14 bits per heavy atom. The molecule has 0 bridgehead atoms. The van der Waals surface area contributed by atoms with Gasteiger partial charge >= 0.3 is 0 Å². The van der Waals surface area contributed by atoms with Gasteiger partial charge in [-0.25, -0.2) is 0 Å². The van der Waals surface area contributed by atoms with Gasteiger partial charge in [-0.1, -0.05) is 42.5 Å². The van der Waals surface area contributed by atoms with Crippen LogP contribution in [0.1, 0.15) is 35.6 Å². The summed E-state index contributed by atoms with van der Waals surface area (Å²) in [6.07, 6.45) is 2.68. The van der Waals surface area contributed by atoms with Crippen LogP contribution in [0.15, 0.2) is 48.5 Å². The molecule has 0 amide bonds. The Hall–Kier alpha value is -1.80. The molecule has 21 heavy (non-hydrogen) atoms. The van der Waals surface area contributed by atoms with Gasteiger partial charge in [-0.3, -0.25) is 0 Å². The molecule has 1 atom stereocenters. The third-order valence-corrected chi connectivity index (χ3v) is 4.24. The zero-order valence-corrected chi connectivity index (χ0v) is 12.8. The number of rotatable bonds is 6. The van der Waals surface area contributed by atoms with E-state index in [2.05, 4.69) is 60.8 Å². The number of nitrogens with one attached hydrogen (secondary N) is 1. The number of aryl methyl sites for hydroxylation is 1. The van der Waals surface area contributed by atoms with Gasteiger partial charge in [-0.15, -0.1) is 0 Å². The van der Waals surface area contributed by atoms with Crippen LogP contribution >= 0.6 is 0 Å². The lowest BCUT2D eigenvalue weighted by Crippen LogP contribution is -2.22. The van der Waals surface area contributed by atoms with Crippen molar-refractivity contribution in [3.05, 3.63) is 65.2 Å². The van der Waals surface area contributed by atoms with Crippen LogP contribution in [-0.4, -0.2) is 7.11 Å². The Labute approximate surface area is 127 Å². The summed E-state index contributed by atoms with van der Waals surface area (Å²) < 4.78 is 5.32. The molecular weight excluding hydrogens is 258 g/mol. The highest BCUT2D eigenvalue weighted by Crippen LogP contribution is 2.41. The fourth-order valence-corrected chi connectivity index (χ4v) is 2.92. The standard InChI is InChI=1S/C19H23NO/c1-14-12-15(8-11-18(14)21-2)13-20-19(17-9-10-17)16-6-4-3-5-7-16/h3-8,11-12,17,19-20H,9-10,13H2,1-2H3. The normalized spacial score (nSPS) is 15.7. The molecule has 110 valence electrons. The third-order valence-electron chi connectivity index (χ3n) is 4.24. The minimum Gasteiger partial charge on any atom is -0.496 e. The van der Waals surface area contributed by atoms with Crippen LogP contribution in [0.3, 0.4) is 0 Å². The lowest BCUT2D eigenvalue weighted by atomic mass is 10.0. The Kier molecular flexibility index (Phi) is 4.26. The average molecular weight is 281 g/mol. The first-order valence-corrected chi connectivity index (χ1v) is 7.70. The van der Waals surface area contributed by atoms with Gasteiger partial charge in [0.15, 0.2) is 0 Å². The van der Waals surface area contributed by atoms with Crippen molar-refractivity contribution in [2.24, 2.45) is 5.92 Å². The van der Waals surface area contributed by atoms with Crippen LogP contribution in [0.5, 0.6) is 5.75 Å². The van der Waals surface area contributed by atoms with E-state index in [4.69, 9.17) is 4.74 Å². The van der Waals surface area contributed by atoms with Gasteiger partial charge in [-0.2, -0.15) is 0 Å². The maximum Gasteiger partial charge on any atom is 0.121 e. The first-order chi connectivity index (χ1) is 10.3. The molecule has 1 aliphatic carbocycles. The van der Waals surface area contributed by atoms with Crippen molar-refractivity contribution < 1.29 is 4.74 Å². The zero-order valence-electron chi connectivity index (χ0n) is 12.8. The van der Waals surface area contributed by atoms with E-state index in [-0.39, 0.29) is 0 Å². The average Bonchev–Trinajstić information content (AvgIpc) is 3.34. The minimum atomic E-state index is 0.480.